The van der Waals surface area contributed by atoms with Crippen molar-refractivity contribution < 1.29 is 32.4 Å². The SMILES string of the molecule is COc1nc(N)nc2c1ncn2[C@@H]1O[C@H](COP(=O)(O)OCCc2ccccc2SSC(C)(C)C)C[C@@]1(C)F. The van der Waals surface area contributed by atoms with E-state index in [1.165, 1.54) is 24.9 Å². The standard InChI is InChI=1S/C24H33FN5O6PS2/c1-23(2,3)39-38-17-9-7-6-8-15(17)10-11-34-37(31,32)35-13-16-12-24(4,25)21(36-16)30-14-27-18-19(30)28-22(26)29-20(18)33-5/h6-9,14,16,21H,10-13H2,1-5H3,(H,31,32)(H2,26,28,29)/t16-,21+,24+/m0/s1. The monoisotopic (exact) mass is 601 g/mol. The van der Waals surface area contributed by atoms with Crippen molar-refractivity contribution in [1.82, 2.24) is 19.5 Å². The fraction of sp³-hybridized carbons (Fsp3) is 0.542. The molecule has 1 aliphatic heterocycles. The average molecular weight is 602 g/mol. The van der Waals surface area contributed by atoms with Crippen LogP contribution in [0.2, 0.25) is 0 Å². The predicted molar refractivity (Wildman–Crippen MR) is 149 cm³/mol. The molecule has 0 aliphatic carbocycles. The van der Waals surface area contributed by atoms with Crippen LogP contribution in [0.5, 0.6) is 5.88 Å². The number of rotatable bonds is 11. The van der Waals surface area contributed by atoms with Crippen molar-refractivity contribution in [3.8, 4) is 5.88 Å². The Labute approximate surface area is 234 Å². The highest BCUT2D eigenvalue weighted by molar-refractivity contribution is 8.77. The lowest BCUT2D eigenvalue weighted by Gasteiger charge is -2.22. The summed E-state index contributed by atoms with van der Waals surface area (Å²) in [6.07, 6.45) is -0.254. The maximum atomic E-state index is 15.6. The number of nitrogens with zero attached hydrogens (tertiary/aromatic N) is 4. The summed E-state index contributed by atoms with van der Waals surface area (Å²) in [6.45, 7) is 7.41. The van der Waals surface area contributed by atoms with Gasteiger partial charge in [-0.05, 0) is 25.0 Å². The molecule has 15 heteroatoms. The maximum Gasteiger partial charge on any atom is 0.472 e. The van der Waals surface area contributed by atoms with Gasteiger partial charge in [0.25, 0.3) is 0 Å². The number of nitrogen functional groups attached to an aromatic ring is 1. The highest BCUT2D eigenvalue weighted by Gasteiger charge is 2.48. The molecule has 0 bridgehead atoms. The fourth-order valence-electron chi connectivity index (χ4n) is 4.04. The van der Waals surface area contributed by atoms with Crippen LogP contribution in [0.15, 0.2) is 35.5 Å². The number of anilines is 1. The van der Waals surface area contributed by atoms with E-state index in [1.807, 2.05) is 24.3 Å². The summed E-state index contributed by atoms with van der Waals surface area (Å²) >= 11 is 0. The summed E-state index contributed by atoms with van der Waals surface area (Å²) in [6, 6.07) is 7.84. The minimum Gasteiger partial charge on any atom is -0.479 e. The van der Waals surface area contributed by atoms with Crippen LogP contribution in [0.25, 0.3) is 11.2 Å². The van der Waals surface area contributed by atoms with Crippen molar-refractivity contribution in [2.45, 2.75) is 68.2 Å². The smallest absolute Gasteiger partial charge is 0.472 e. The molecule has 1 saturated heterocycles. The Bertz CT molecular complexity index is 1350. The zero-order chi connectivity index (χ0) is 28.4. The Morgan fingerprint density at radius 2 is 2.05 bits per heavy atom. The predicted octanol–water partition coefficient (Wildman–Crippen LogP) is 5.35. The van der Waals surface area contributed by atoms with Crippen molar-refractivity contribution in [3.63, 3.8) is 0 Å². The molecule has 1 aliphatic rings. The fourth-order valence-corrected chi connectivity index (χ4v) is 7.05. The second-order valence-electron chi connectivity index (χ2n) is 10.2. The van der Waals surface area contributed by atoms with Crippen molar-refractivity contribution in [3.05, 3.63) is 36.2 Å². The van der Waals surface area contributed by atoms with Gasteiger partial charge in [0.05, 0.1) is 32.8 Å². The van der Waals surface area contributed by atoms with Gasteiger partial charge in [0, 0.05) is 16.1 Å². The summed E-state index contributed by atoms with van der Waals surface area (Å²) in [4.78, 5) is 23.6. The second kappa shape index (κ2) is 11.9. The van der Waals surface area contributed by atoms with Gasteiger partial charge in [0.15, 0.2) is 23.1 Å². The number of fused-ring (bicyclic) bond motifs is 1. The first-order valence-electron chi connectivity index (χ1n) is 12.2. The molecule has 1 aromatic carbocycles. The second-order valence-corrected chi connectivity index (χ2v) is 14.7. The van der Waals surface area contributed by atoms with Crippen LogP contribution in [-0.2, 0) is 24.8 Å². The van der Waals surface area contributed by atoms with Gasteiger partial charge in [-0.1, -0.05) is 60.6 Å². The number of phosphoric ester groups is 1. The van der Waals surface area contributed by atoms with Gasteiger partial charge < -0.3 is 20.1 Å². The molecule has 3 aromatic rings. The molecular weight excluding hydrogens is 568 g/mol. The molecule has 11 nitrogen and oxygen atoms in total. The van der Waals surface area contributed by atoms with Crippen molar-refractivity contribution in [2.24, 2.45) is 0 Å². The van der Waals surface area contributed by atoms with Crippen LogP contribution in [0, 0.1) is 0 Å². The lowest BCUT2D eigenvalue weighted by atomic mass is 10.0. The largest absolute Gasteiger partial charge is 0.479 e. The van der Waals surface area contributed by atoms with E-state index in [4.69, 9.17) is 24.3 Å². The quantitative estimate of drug-likeness (QED) is 0.216. The zero-order valence-electron chi connectivity index (χ0n) is 22.4. The topological polar surface area (TPSA) is 144 Å². The van der Waals surface area contributed by atoms with E-state index in [1.54, 1.807) is 21.6 Å². The molecule has 0 amide bonds. The zero-order valence-corrected chi connectivity index (χ0v) is 24.9. The molecule has 2 aromatic heterocycles. The normalized spacial score (nSPS) is 23.3. The molecule has 3 N–H and O–H groups in total. The lowest BCUT2D eigenvalue weighted by Crippen LogP contribution is -2.27. The number of alkyl halides is 1. The maximum absolute atomic E-state index is 15.6. The Morgan fingerprint density at radius 1 is 1.31 bits per heavy atom. The van der Waals surface area contributed by atoms with E-state index >= 15 is 4.39 Å². The summed E-state index contributed by atoms with van der Waals surface area (Å²) in [5.41, 5.74) is 5.45. The Morgan fingerprint density at radius 3 is 2.77 bits per heavy atom. The summed E-state index contributed by atoms with van der Waals surface area (Å²) < 4.78 is 51.1. The minimum atomic E-state index is -4.40. The van der Waals surface area contributed by atoms with E-state index in [0.717, 1.165) is 10.5 Å². The minimum absolute atomic E-state index is 0.0233. The summed E-state index contributed by atoms with van der Waals surface area (Å²) in [7, 11) is 0.411. The molecule has 39 heavy (non-hydrogen) atoms. The number of phosphoric acid groups is 1. The molecular formula is C24H33FN5O6PS2. The van der Waals surface area contributed by atoms with Gasteiger partial charge in [-0.2, -0.15) is 9.97 Å². The number of hydrogen-bond acceptors (Lipinski definition) is 11. The van der Waals surface area contributed by atoms with Gasteiger partial charge in [0.1, 0.15) is 0 Å². The van der Waals surface area contributed by atoms with Crippen molar-refractivity contribution in [2.75, 3.05) is 26.1 Å². The first-order valence-corrected chi connectivity index (χ1v) is 15.9. The van der Waals surface area contributed by atoms with Crippen LogP contribution in [0.3, 0.4) is 0 Å². The number of hydrogen-bond donors (Lipinski definition) is 2. The van der Waals surface area contributed by atoms with E-state index in [0.29, 0.717) is 11.9 Å². The molecule has 4 rings (SSSR count). The van der Waals surface area contributed by atoms with E-state index in [2.05, 4.69) is 35.7 Å². The number of benzene rings is 1. The Kier molecular flexibility index (Phi) is 9.16. The molecule has 0 radical (unpaired) electrons. The number of imidazole rings is 1. The highest BCUT2D eigenvalue weighted by atomic mass is 33.1. The number of methoxy groups -OCH3 is 1. The number of nitrogens with two attached hydrogens (primary N) is 1. The van der Waals surface area contributed by atoms with Crippen molar-refractivity contribution >= 4 is 46.5 Å². The number of halogens is 1. The van der Waals surface area contributed by atoms with Crippen LogP contribution in [0.4, 0.5) is 10.3 Å². The Balaban J connectivity index is 1.34. The molecule has 0 spiro atoms. The summed E-state index contributed by atoms with van der Waals surface area (Å²) in [5, 5.41) is 0. The average Bonchev–Trinajstić information content (AvgIpc) is 3.40. The van der Waals surface area contributed by atoms with E-state index < -0.39 is 25.8 Å². The van der Waals surface area contributed by atoms with Gasteiger partial charge in [-0.15, -0.1) is 0 Å². The molecule has 3 heterocycles. The van der Waals surface area contributed by atoms with E-state index in [-0.39, 0.29) is 41.9 Å². The van der Waals surface area contributed by atoms with Gasteiger partial charge in [-0.25, -0.2) is 13.9 Å². The molecule has 1 unspecified atom stereocenters. The first kappa shape index (κ1) is 30.0. The van der Waals surface area contributed by atoms with Gasteiger partial charge in [0.2, 0.25) is 11.8 Å². The van der Waals surface area contributed by atoms with Crippen LogP contribution >= 0.6 is 29.4 Å². The van der Waals surface area contributed by atoms with Crippen molar-refractivity contribution in [1.29, 1.82) is 0 Å². The molecule has 214 valence electrons. The third-order valence-corrected chi connectivity index (χ3v) is 10.2. The molecule has 1 fully saturated rings. The van der Waals surface area contributed by atoms with Gasteiger partial charge in [-0.3, -0.25) is 13.6 Å². The first-order chi connectivity index (χ1) is 18.3. The molecule has 4 atom stereocenters. The summed E-state index contributed by atoms with van der Waals surface area (Å²) in [5.74, 6) is 0.0920. The third kappa shape index (κ3) is 7.63. The van der Waals surface area contributed by atoms with E-state index in [9.17, 15) is 9.46 Å². The molecule has 0 saturated carbocycles. The van der Waals surface area contributed by atoms with Crippen LogP contribution < -0.4 is 10.5 Å². The van der Waals surface area contributed by atoms with Gasteiger partial charge >= 0.3 is 7.82 Å². The highest BCUT2D eigenvalue weighted by Crippen LogP contribution is 2.47. The van der Waals surface area contributed by atoms with Crippen LogP contribution in [0.1, 0.15) is 45.9 Å². The number of aromatic nitrogens is 4. The third-order valence-electron chi connectivity index (χ3n) is 5.72. The van der Waals surface area contributed by atoms with Crippen LogP contribution in [-0.4, -0.2) is 61.3 Å². The lowest BCUT2D eigenvalue weighted by molar-refractivity contribution is -0.0566. The number of ether oxygens (including phenoxy) is 2. The Hall–Kier alpha value is -1.93.